The van der Waals surface area contributed by atoms with Crippen molar-refractivity contribution in [3.63, 3.8) is 0 Å². The lowest BCUT2D eigenvalue weighted by Crippen LogP contribution is -2.24. The molecule has 1 aromatic heterocycles. The fraction of sp³-hybridized carbons (Fsp3) is 0.385. The van der Waals surface area contributed by atoms with Crippen LogP contribution in [0.3, 0.4) is 0 Å². The van der Waals surface area contributed by atoms with Crippen LogP contribution in [0.5, 0.6) is 0 Å². The summed E-state index contributed by atoms with van der Waals surface area (Å²) < 4.78 is 13.4. The van der Waals surface area contributed by atoms with Gasteiger partial charge in [0.1, 0.15) is 5.82 Å². The quantitative estimate of drug-likeness (QED) is 0.325. The molecule has 0 amide bonds. The van der Waals surface area contributed by atoms with E-state index in [-0.39, 0.29) is 12.0 Å². The van der Waals surface area contributed by atoms with Gasteiger partial charge >= 0.3 is 0 Å². The highest BCUT2D eigenvalue weighted by atomic mass is 35.5. The van der Waals surface area contributed by atoms with E-state index >= 15 is 0 Å². The molecule has 2 atom stereocenters. The van der Waals surface area contributed by atoms with E-state index in [1.54, 1.807) is 25.3 Å². The second kappa shape index (κ2) is 11.3. The molecular formula is C26H29ClFN5. The Kier molecular flexibility index (Phi) is 8.00. The van der Waals surface area contributed by atoms with Crippen molar-refractivity contribution < 1.29 is 4.39 Å². The van der Waals surface area contributed by atoms with Crippen LogP contribution in [0.15, 0.2) is 59.6 Å². The average molecular weight is 466 g/mol. The summed E-state index contributed by atoms with van der Waals surface area (Å²) in [6, 6.07) is 18.2. The number of benzene rings is 2. The van der Waals surface area contributed by atoms with E-state index in [0.29, 0.717) is 22.7 Å². The molecule has 1 N–H and O–H groups in total. The van der Waals surface area contributed by atoms with Gasteiger partial charge in [-0.3, -0.25) is 4.39 Å². The maximum Gasteiger partial charge on any atom is 0.254 e. The lowest BCUT2D eigenvalue weighted by molar-refractivity contribution is 0.436. The summed E-state index contributed by atoms with van der Waals surface area (Å²) >= 11 is 5.95. The molecule has 2 unspecified atom stereocenters. The van der Waals surface area contributed by atoms with E-state index in [0.717, 1.165) is 24.8 Å². The van der Waals surface area contributed by atoms with Gasteiger partial charge in [-0.2, -0.15) is 15.0 Å². The Bertz CT molecular complexity index is 1050. The zero-order valence-electron chi connectivity index (χ0n) is 18.8. The van der Waals surface area contributed by atoms with E-state index < -0.39 is 12.6 Å². The third-order valence-electron chi connectivity index (χ3n) is 5.84. The van der Waals surface area contributed by atoms with Crippen LogP contribution < -0.4 is 5.32 Å². The molecule has 0 bridgehead atoms. The number of alkyl halides is 1. The molecule has 0 radical (unpaired) electrons. The maximum atomic E-state index is 13.4. The maximum absolute atomic E-state index is 13.4. The molecule has 4 rings (SSSR count). The minimum atomic E-state index is -0.535. The number of aromatic nitrogens is 3. The topological polar surface area (TPSA) is 63.1 Å². The number of aryl methyl sites for hydroxylation is 1. The highest BCUT2D eigenvalue weighted by Gasteiger charge is 2.31. The van der Waals surface area contributed by atoms with Gasteiger partial charge in [-0.05, 0) is 61.3 Å². The lowest BCUT2D eigenvalue weighted by Gasteiger charge is -2.19. The third kappa shape index (κ3) is 7.06. The van der Waals surface area contributed by atoms with Gasteiger partial charge in [-0.1, -0.05) is 61.0 Å². The van der Waals surface area contributed by atoms with Crippen molar-refractivity contribution in [1.82, 2.24) is 15.0 Å². The fourth-order valence-electron chi connectivity index (χ4n) is 3.73. The monoisotopic (exact) mass is 465 g/mol. The van der Waals surface area contributed by atoms with Crippen molar-refractivity contribution >= 4 is 29.7 Å². The van der Waals surface area contributed by atoms with E-state index in [4.69, 9.17) is 11.6 Å². The SMILES string of the molecule is CC(CF)c1nc(N=Cc2ccc(Cl)cc2)nc(NC(CCCc2ccccc2)C2CC2)n1. The standard InChI is InChI=1S/C26H29ClFN5/c1-18(16-28)24-31-25(29-17-20-10-14-22(27)15-11-20)33-26(32-24)30-23(21-12-13-21)9-5-8-19-6-3-2-4-7-19/h2-4,6-7,10-11,14-15,17-18,21,23H,5,8-9,12-13,16H2,1H3,(H,30,31,32,33). The van der Waals surface area contributed by atoms with Gasteiger partial charge in [0.25, 0.3) is 5.95 Å². The first-order valence-corrected chi connectivity index (χ1v) is 11.9. The van der Waals surface area contributed by atoms with Gasteiger partial charge in [0.15, 0.2) is 0 Å². The van der Waals surface area contributed by atoms with E-state index in [2.05, 4.69) is 49.5 Å². The smallest absolute Gasteiger partial charge is 0.254 e. The summed E-state index contributed by atoms with van der Waals surface area (Å²) in [5, 5.41) is 4.18. The van der Waals surface area contributed by atoms with Crippen LogP contribution in [0.4, 0.5) is 16.3 Å². The number of hydrogen-bond donors (Lipinski definition) is 1. The van der Waals surface area contributed by atoms with Crippen LogP contribution in [-0.4, -0.2) is 33.9 Å². The molecule has 1 aliphatic carbocycles. The molecule has 172 valence electrons. The molecule has 1 saturated carbocycles. The molecule has 0 saturated heterocycles. The molecule has 7 heteroatoms. The number of hydrogen-bond acceptors (Lipinski definition) is 5. The summed E-state index contributed by atoms with van der Waals surface area (Å²) in [4.78, 5) is 17.8. The molecule has 5 nitrogen and oxygen atoms in total. The summed E-state index contributed by atoms with van der Waals surface area (Å²) in [6.07, 6.45) is 7.26. The normalized spacial score (nSPS) is 15.5. The first-order valence-electron chi connectivity index (χ1n) is 11.5. The van der Waals surface area contributed by atoms with Crippen LogP contribution >= 0.6 is 11.6 Å². The third-order valence-corrected chi connectivity index (χ3v) is 6.09. The highest BCUT2D eigenvalue weighted by molar-refractivity contribution is 6.30. The second-order valence-electron chi connectivity index (χ2n) is 8.65. The van der Waals surface area contributed by atoms with Gasteiger partial charge in [0.2, 0.25) is 5.95 Å². The first-order chi connectivity index (χ1) is 16.1. The Labute approximate surface area is 199 Å². The summed E-state index contributed by atoms with van der Waals surface area (Å²) in [6.45, 7) is 1.23. The van der Waals surface area contributed by atoms with Crippen molar-refractivity contribution in [3.8, 4) is 0 Å². The summed E-state index contributed by atoms with van der Waals surface area (Å²) in [5.41, 5.74) is 2.23. The number of anilines is 1. The number of aliphatic imine (C=N–C) groups is 1. The van der Waals surface area contributed by atoms with Crippen LogP contribution in [-0.2, 0) is 6.42 Å². The molecule has 1 heterocycles. The Morgan fingerprint density at radius 1 is 1.09 bits per heavy atom. The molecule has 1 fully saturated rings. The number of rotatable bonds is 11. The van der Waals surface area contributed by atoms with Crippen molar-refractivity contribution in [2.45, 2.75) is 51.0 Å². The van der Waals surface area contributed by atoms with Crippen LogP contribution in [0, 0.1) is 5.92 Å². The van der Waals surface area contributed by atoms with Gasteiger partial charge in [-0.15, -0.1) is 0 Å². The van der Waals surface area contributed by atoms with Gasteiger partial charge < -0.3 is 5.32 Å². The van der Waals surface area contributed by atoms with E-state index in [1.165, 1.54) is 18.4 Å². The predicted molar refractivity (Wildman–Crippen MR) is 132 cm³/mol. The highest BCUT2D eigenvalue weighted by Crippen LogP contribution is 2.36. The van der Waals surface area contributed by atoms with Crippen molar-refractivity contribution in [2.24, 2.45) is 10.9 Å². The molecule has 2 aromatic carbocycles. The molecule has 33 heavy (non-hydrogen) atoms. The molecule has 3 aromatic rings. The van der Waals surface area contributed by atoms with Gasteiger partial charge in [-0.25, -0.2) is 4.99 Å². The van der Waals surface area contributed by atoms with E-state index in [1.807, 2.05) is 18.2 Å². The van der Waals surface area contributed by atoms with E-state index in [9.17, 15) is 4.39 Å². The second-order valence-corrected chi connectivity index (χ2v) is 9.08. The Morgan fingerprint density at radius 2 is 1.85 bits per heavy atom. The predicted octanol–water partition coefficient (Wildman–Crippen LogP) is 6.56. The van der Waals surface area contributed by atoms with Crippen molar-refractivity contribution in [1.29, 1.82) is 0 Å². The molecule has 1 aliphatic rings. The summed E-state index contributed by atoms with van der Waals surface area (Å²) in [7, 11) is 0. The summed E-state index contributed by atoms with van der Waals surface area (Å²) in [5.74, 6) is 1.37. The fourth-order valence-corrected chi connectivity index (χ4v) is 3.86. The molecule has 0 spiro atoms. The number of nitrogens with one attached hydrogen (secondary N) is 1. The zero-order valence-corrected chi connectivity index (χ0v) is 19.5. The average Bonchev–Trinajstić information content (AvgIpc) is 3.69. The Hall–Kier alpha value is -2.86. The number of halogens is 2. The van der Waals surface area contributed by atoms with Crippen LogP contribution in [0.1, 0.15) is 55.5 Å². The number of nitrogens with zero attached hydrogens (tertiary/aromatic N) is 4. The van der Waals surface area contributed by atoms with Crippen molar-refractivity contribution in [2.75, 3.05) is 12.0 Å². The van der Waals surface area contributed by atoms with Crippen molar-refractivity contribution in [3.05, 3.63) is 76.6 Å². The Balaban J connectivity index is 1.48. The molecule has 0 aliphatic heterocycles. The minimum Gasteiger partial charge on any atom is -0.351 e. The zero-order chi connectivity index (χ0) is 23.0. The molecular weight excluding hydrogens is 437 g/mol. The lowest BCUT2D eigenvalue weighted by atomic mass is 10.0. The largest absolute Gasteiger partial charge is 0.351 e. The van der Waals surface area contributed by atoms with Gasteiger partial charge in [0, 0.05) is 23.2 Å². The first kappa shape index (κ1) is 23.3. The van der Waals surface area contributed by atoms with Crippen LogP contribution in [0.25, 0.3) is 0 Å². The minimum absolute atomic E-state index is 0.275. The Morgan fingerprint density at radius 3 is 2.55 bits per heavy atom. The van der Waals surface area contributed by atoms with Crippen LogP contribution in [0.2, 0.25) is 5.02 Å². The van der Waals surface area contributed by atoms with Gasteiger partial charge in [0.05, 0.1) is 6.67 Å².